The molecule has 0 unspecified atom stereocenters. The third kappa shape index (κ3) is 4.90. The van der Waals surface area contributed by atoms with E-state index in [0.29, 0.717) is 17.7 Å². The van der Waals surface area contributed by atoms with Crippen LogP contribution in [0.2, 0.25) is 0 Å². The Hall–Kier alpha value is -2.19. The van der Waals surface area contributed by atoms with Crippen molar-refractivity contribution in [3.05, 3.63) is 41.6 Å². The standard InChI is InChI=1S/C15H18F3N3O2/c1-2-21-9-12(8-19)10-3-5-11(6-4-10)13(20)7-14(22,23)15(16,17)18/h3-6,8-9,20,22-23H,2,7,19H2,1H3/b12-8+,20-13?,21-9?. The molecule has 0 saturated carbocycles. The summed E-state index contributed by atoms with van der Waals surface area (Å²) in [5.74, 6) is -3.93. The van der Waals surface area contributed by atoms with Crippen molar-refractivity contribution in [2.45, 2.75) is 25.3 Å². The molecule has 1 aromatic rings. The number of nitrogens with zero attached hydrogens (tertiary/aromatic N) is 1. The van der Waals surface area contributed by atoms with Crippen molar-refractivity contribution in [3.63, 3.8) is 0 Å². The Morgan fingerprint density at radius 3 is 2.17 bits per heavy atom. The molecule has 0 aliphatic rings. The maximum Gasteiger partial charge on any atom is 0.443 e. The van der Waals surface area contributed by atoms with Gasteiger partial charge in [0.1, 0.15) is 0 Å². The van der Waals surface area contributed by atoms with E-state index in [0.717, 1.165) is 0 Å². The summed E-state index contributed by atoms with van der Waals surface area (Å²) in [6.45, 7) is 2.43. The first-order chi connectivity index (χ1) is 10.6. The van der Waals surface area contributed by atoms with Crippen LogP contribution in [0.5, 0.6) is 0 Å². The minimum atomic E-state index is -5.23. The molecule has 126 valence electrons. The van der Waals surface area contributed by atoms with E-state index < -0.39 is 24.1 Å². The first-order valence-corrected chi connectivity index (χ1v) is 6.73. The van der Waals surface area contributed by atoms with Crippen molar-refractivity contribution in [2.24, 2.45) is 10.7 Å². The van der Waals surface area contributed by atoms with E-state index in [1.54, 1.807) is 18.3 Å². The number of alkyl halides is 3. The Morgan fingerprint density at radius 1 is 1.22 bits per heavy atom. The monoisotopic (exact) mass is 329 g/mol. The molecule has 0 saturated heterocycles. The molecule has 0 aliphatic carbocycles. The number of nitrogens with one attached hydrogen (secondary N) is 1. The van der Waals surface area contributed by atoms with Gasteiger partial charge in [-0.1, -0.05) is 24.3 Å². The maximum atomic E-state index is 12.4. The van der Waals surface area contributed by atoms with Gasteiger partial charge in [0.2, 0.25) is 0 Å². The fraction of sp³-hybridized carbons (Fsp3) is 0.333. The SMILES string of the molecule is CCN=C/C(=C\N)c1ccc(C(=N)CC(O)(O)C(F)(F)F)cc1. The van der Waals surface area contributed by atoms with Gasteiger partial charge in [-0.2, -0.15) is 13.2 Å². The molecule has 0 fully saturated rings. The van der Waals surface area contributed by atoms with Gasteiger partial charge in [-0.15, -0.1) is 0 Å². The summed E-state index contributed by atoms with van der Waals surface area (Å²) in [5, 5.41) is 25.6. The van der Waals surface area contributed by atoms with Gasteiger partial charge in [0.15, 0.2) is 0 Å². The lowest BCUT2D eigenvalue weighted by Crippen LogP contribution is -2.46. The molecular weight excluding hydrogens is 311 g/mol. The quantitative estimate of drug-likeness (QED) is 0.474. The van der Waals surface area contributed by atoms with Gasteiger partial charge >= 0.3 is 6.18 Å². The van der Waals surface area contributed by atoms with Crippen molar-refractivity contribution in [3.8, 4) is 0 Å². The number of hydrogen-bond acceptors (Lipinski definition) is 5. The third-order valence-electron chi connectivity index (χ3n) is 3.04. The molecule has 0 radical (unpaired) electrons. The van der Waals surface area contributed by atoms with Gasteiger partial charge in [0.05, 0.1) is 6.42 Å². The molecular formula is C15H18F3N3O2. The zero-order chi connectivity index (χ0) is 17.7. The zero-order valence-electron chi connectivity index (χ0n) is 12.4. The molecule has 1 rings (SSSR count). The molecule has 23 heavy (non-hydrogen) atoms. The highest BCUT2D eigenvalue weighted by molar-refractivity contribution is 6.10. The Balaban J connectivity index is 2.92. The molecule has 5 N–H and O–H groups in total. The summed E-state index contributed by atoms with van der Waals surface area (Å²) in [6.07, 6.45) is -3.58. The fourth-order valence-corrected chi connectivity index (χ4v) is 1.72. The Kier molecular flexibility index (Phi) is 6.05. The first kappa shape index (κ1) is 18.9. The van der Waals surface area contributed by atoms with Crippen molar-refractivity contribution in [2.75, 3.05) is 6.54 Å². The zero-order valence-corrected chi connectivity index (χ0v) is 12.4. The first-order valence-electron chi connectivity index (χ1n) is 6.73. The van der Waals surface area contributed by atoms with Crippen molar-refractivity contribution in [1.29, 1.82) is 5.41 Å². The highest BCUT2D eigenvalue weighted by Crippen LogP contribution is 2.31. The molecule has 8 heteroatoms. The fourth-order valence-electron chi connectivity index (χ4n) is 1.72. The summed E-state index contributed by atoms with van der Waals surface area (Å²) in [5.41, 5.74) is 6.39. The van der Waals surface area contributed by atoms with Crippen LogP contribution in [0.25, 0.3) is 5.57 Å². The molecule has 0 spiro atoms. The highest BCUT2D eigenvalue weighted by atomic mass is 19.4. The molecule has 0 amide bonds. The number of nitrogens with two attached hydrogens (primary N) is 1. The lowest BCUT2D eigenvalue weighted by Gasteiger charge is -2.24. The molecule has 0 aliphatic heterocycles. The van der Waals surface area contributed by atoms with Crippen LogP contribution < -0.4 is 5.73 Å². The normalized spacial score (nSPS) is 13.6. The topological polar surface area (TPSA) is 103 Å². The number of aliphatic hydroxyl groups is 2. The van der Waals surface area contributed by atoms with Crippen LogP contribution in [0.4, 0.5) is 13.2 Å². The second-order valence-electron chi connectivity index (χ2n) is 4.80. The minimum Gasteiger partial charge on any atom is -0.404 e. The van der Waals surface area contributed by atoms with E-state index in [-0.39, 0.29) is 5.56 Å². The van der Waals surface area contributed by atoms with E-state index >= 15 is 0 Å². The van der Waals surface area contributed by atoms with Gasteiger partial charge in [0.25, 0.3) is 5.79 Å². The van der Waals surface area contributed by atoms with E-state index in [2.05, 4.69) is 4.99 Å². The van der Waals surface area contributed by atoms with Crippen LogP contribution in [-0.2, 0) is 0 Å². The molecule has 1 aromatic carbocycles. The average Bonchev–Trinajstić information content (AvgIpc) is 2.47. The second kappa shape index (κ2) is 7.38. The van der Waals surface area contributed by atoms with Crippen molar-refractivity contribution in [1.82, 2.24) is 0 Å². The van der Waals surface area contributed by atoms with Gasteiger partial charge in [-0.3, -0.25) is 4.99 Å². The summed E-state index contributed by atoms with van der Waals surface area (Å²) in [6, 6.07) is 5.95. The van der Waals surface area contributed by atoms with Crippen LogP contribution >= 0.6 is 0 Å². The lowest BCUT2D eigenvalue weighted by molar-refractivity contribution is -0.344. The van der Waals surface area contributed by atoms with E-state index in [1.807, 2.05) is 6.92 Å². The Morgan fingerprint density at radius 2 is 1.74 bits per heavy atom. The van der Waals surface area contributed by atoms with Crippen LogP contribution in [0.1, 0.15) is 24.5 Å². The number of aliphatic imine (C=N–C) groups is 1. The van der Waals surface area contributed by atoms with Crippen LogP contribution in [0, 0.1) is 5.41 Å². The molecule has 0 bridgehead atoms. The molecule has 0 aromatic heterocycles. The predicted molar refractivity (Wildman–Crippen MR) is 82.3 cm³/mol. The maximum absolute atomic E-state index is 12.4. The number of halogens is 3. The van der Waals surface area contributed by atoms with Gasteiger partial charge < -0.3 is 21.4 Å². The van der Waals surface area contributed by atoms with Gasteiger partial charge in [-0.25, -0.2) is 0 Å². The van der Waals surface area contributed by atoms with E-state index in [4.69, 9.17) is 21.4 Å². The summed E-state index contributed by atoms with van der Waals surface area (Å²) < 4.78 is 37.2. The number of allylic oxidation sites excluding steroid dienone is 1. The smallest absolute Gasteiger partial charge is 0.404 e. The average molecular weight is 329 g/mol. The number of benzene rings is 1. The highest BCUT2D eigenvalue weighted by Gasteiger charge is 2.53. The van der Waals surface area contributed by atoms with Gasteiger partial charge in [0, 0.05) is 30.2 Å². The van der Waals surface area contributed by atoms with Crippen molar-refractivity contribution >= 4 is 17.5 Å². The van der Waals surface area contributed by atoms with Crippen LogP contribution in [0.3, 0.4) is 0 Å². The van der Waals surface area contributed by atoms with E-state index in [9.17, 15) is 13.2 Å². The van der Waals surface area contributed by atoms with E-state index in [1.165, 1.54) is 18.3 Å². The van der Waals surface area contributed by atoms with Crippen LogP contribution in [-0.4, -0.2) is 40.6 Å². The molecule has 0 atom stereocenters. The largest absolute Gasteiger partial charge is 0.443 e. The summed E-state index contributed by atoms with van der Waals surface area (Å²) in [4.78, 5) is 4.05. The van der Waals surface area contributed by atoms with Crippen LogP contribution in [0.15, 0.2) is 35.5 Å². The number of rotatable bonds is 6. The van der Waals surface area contributed by atoms with Gasteiger partial charge in [-0.05, 0) is 18.1 Å². The molecule has 0 heterocycles. The Bertz CT molecular complexity index is 605. The lowest BCUT2D eigenvalue weighted by atomic mass is 9.99. The number of hydrogen-bond donors (Lipinski definition) is 4. The minimum absolute atomic E-state index is 0.147. The molecule has 5 nitrogen and oxygen atoms in total. The predicted octanol–water partition coefficient (Wildman–Crippen LogP) is 2.08. The second-order valence-corrected chi connectivity index (χ2v) is 4.80. The summed E-state index contributed by atoms with van der Waals surface area (Å²) in [7, 11) is 0. The Labute approximate surface area is 131 Å². The third-order valence-corrected chi connectivity index (χ3v) is 3.04. The van der Waals surface area contributed by atoms with Crippen molar-refractivity contribution < 1.29 is 23.4 Å². The summed E-state index contributed by atoms with van der Waals surface area (Å²) >= 11 is 0.